The Kier molecular flexibility index (Phi) is 5.50. The smallest absolute Gasteiger partial charge is 0.327 e. The van der Waals surface area contributed by atoms with Gasteiger partial charge in [-0.15, -0.1) is 0 Å². The first kappa shape index (κ1) is 20.7. The molecule has 1 aromatic carbocycles. The standard InChI is InChI=1S/C21H31N5O4/c1-6-9-24-19(27)17-18(23(3)21(24)28)22-20-25(11-13(2)12-26(17)20)15-8-7-14(29-4)10-16(15)30-5/h7-8,10,13,17-18,20,22H,6,9,11-12H2,1-5H3. The normalized spacial score (nSPS) is 29.2. The minimum atomic E-state index is -0.404. The lowest BCUT2D eigenvalue weighted by Crippen LogP contribution is -2.66. The first-order valence-corrected chi connectivity index (χ1v) is 10.5. The predicted octanol–water partition coefficient (Wildman–Crippen LogP) is 1.35. The number of carbonyl (C=O) groups excluding carboxylic acids is 2. The largest absolute Gasteiger partial charge is 0.497 e. The predicted molar refractivity (Wildman–Crippen MR) is 112 cm³/mol. The van der Waals surface area contributed by atoms with E-state index in [-0.39, 0.29) is 24.4 Å². The summed E-state index contributed by atoms with van der Waals surface area (Å²) >= 11 is 0. The molecule has 3 saturated heterocycles. The first-order valence-electron chi connectivity index (χ1n) is 10.5. The van der Waals surface area contributed by atoms with Crippen LogP contribution in [-0.4, -0.2) is 86.0 Å². The van der Waals surface area contributed by atoms with Crippen LogP contribution in [0.4, 0.5) is 10.5 Å². The number of rotatable bonds is 5. The minimum absolute atomic E-state index is 0.115. The number of hydrogen-bond acceptors (Lipinski definition) is 7. The molecule has 9 nitrogen and oxygen atoms in total. The summed E-state index contributed by atoms with van der Waals surface area (Å²) in [6.45, 7) is 6.18. The molecule has 0 bridgehead atoms. The Hall–Kier alpha value is -2.52. The second-order valence-corrected chi connectivity index (χ2v) is 8.31. The lowest BCUT2D eigenvalue weighted by molar-refractivity contribution is -0.138. The van der Waals surface area contributed by atoms with E-state index in [0.717, 1.165) is 30.9 Å². The topological polar surface area (TPSA) is 77.6 Å². The highest BCUT2D eigenvalue weighted by Gasteiger charge is 2.56. The van der Waals surface area contributed by atoms with E-state index in [1.807, 2.05) is 25.1 Å². The Morgan fingerprint density at radius 2 is 1.93 bits per heavy atom. The van der Waals surface area contributed by atoms with Gasteiger partial charge in [0, 0.05) is 32.7 Å². The zero-order valence-electron chi connectivity index (χ0n) is 18.3. The van der Waals surface area contributed by atoms with Crippen LogP contribution in [0.2, 0.25) is 0 Å². The zero-order valence-corrected chi connectivity index (χ0v) is 18.3. The third-order valence-electron chi connectivity index (χ3n) is 6.23. The molecule has 3 amide bonds. The van der Waals surface area contributed by atoms with Crippen molar-refractivity contribution in [2.24, 2.45) is 5.92 Å². The highest BCUT2D eigenvalue weighted by Crippen LogP contribution is 2.39. The highest BCUT2D eigenvalue weighted by atomic mass is 16.5. The van der Waals surface area contributed by atoms with Crippen LogP contribution in [0.3, 0.4) is 0 Å². The number of urea groups is 1. The molecule has 3 aliphatic heterocycles. The number of nitrogens with one attached hydrogen (secondary N) is 1. The van der Waals surface area contributed by atoms with Crippen molar-refractivity contribution in [3.63, 3.8) is 0 Å². The lowest BCUT2D eigenvalue weighted by Gasteiger charge is -2.46. The molecule has 0 radical (unpaired) electrons. The van der Waals surface area contributed by atoms with E-state index in [2.05, 4.69) is 22.0 Å². The fraction of sp³-hybridized carbons (Fsp3) is 0.619. The third-order valence-corrected chi connectivity index (χ3v) is 6.23. The van der Waals surface area contributed by atoms with Crippen molar-refractivity contribution in [1.29, 1.82) is 0 Å². The van der Waals surface area contributed by atoms with Gasteiger partial charge >= 0.3 is 6.03 Å². The summed E-state index contributed by atoms with van der Waals surface area (Å²) in [6.07, 6.45) is 0.171. The molecule has 3 fully saturated rings. The third kappa shape index (κ3) is 3.16. The molecule has 1 aromatic rings. The van der Waals surface area contributed by atoms with Crippen LogP contribution in [0.25, 0.3) is 0 Å². The Balaban J connectivity index is 1.70. The van der Waals surface area contributed by atoms with Crippen molar-refractivity contribution >= 4 is 17.6 Å². The number of nitrogens with zero attached hydrogens (tertiary/aromatic N) is 4. The number of benzene rings is 1. The van der Waals surface area contributed by atoms with Gasteiger partial charge in [0.15, 0.2) is 0 Å². The van der Waals surface area contributed by atoms with Crippen LogP contribution >= 0.6 is 0 Å². The molecule has 4 atom stereocenters. The van der Waals surface area contributed by atoms with E-state index in [1.54, 1.807) is 26.2 Å². The molecule has 9 heteroatoms. The molecule has 4 rings (SSSR count). The van der Waals surface area contributed by atoms with Gasteiger partial charge in [0.05, 0.1) is 19.9 Å². The first-order chi connectivity index (χ1) is 14.4. The molecule has 164 valence electrons. The quantitative estimate of drug-likeness (QED) is 0.775. The van der Waals surface area contributed by atoms with E-state index >= 15 is 0 Å². The maximum Gasteiger partial charge on any atom is 0.327 e. The molecule has 1 N–H and O–H groups in total. The fourth-order valence-electron chi connectivity index (χ4n) is 4.85. The molecule has 3 aliphatic rings. The number of amides is 3. The summed E-state index contributed by atoms with van der Waals surface area (Å²) in [7, 11) is 5.04. The number of likely N-dealkylation sites (N-methyl/N-ethyl adjacent to an activating group) is 1. The molecule has 0 aromatic heterocycles. The van der Waals surface area contributed by atoms with Crippen LogP contribution in [0, 0.1) is 5.92 Å². The number of fused-ring (bicyclic) bond motifs is 3. The molecule has 30 heavy (non-hydrogen) atoms. The number of ether oxygens (including phenoxy) is 2. The molecular weight excluding hydrogens is 386 g/mol. The average Bonchev–Trinajstić information content (AvgIpc) is 3.13. The van der Waals surface area contributed by atoms with Gasteiger partial charge in [-0.3, -0.25) is 19.9 Å². The maximum absolute atomic E-state index is 13.3. The van der Waals surface area contributed by atoms with Gasteiger partial charge in [-0.1, -0.05) is 13.8 Å². The summed E-state index contributed by atoms with van der Waals surface area (Å²) in [5.74, 6) is 1.66. The van der Waals surface area contributed by atoms with Crippen molar-refractivity contribution in [3.05, 3.63) is 18.2 Å². The summed E-state index contributed by atoms with van der Waals surface area (Å²) < 4.78 is 11.0. The summed E-state index contributed by atoms with van der Waals surface area (Å²) in [6, 6.07) is 5.12. The van der Waals surface area contributed by atoms with Gasteiger partial charge in [0.25, 0.3) is 5.91 Å². The lowest BCUT2D eigenvalue weighted by atomic mass is 10.0. The van der Waals surface area contributed by atoms with Crippen molar-refractivity contribution < 1.29 is 19.1 Å². The Morgan fingerprint density at radius 1 is 1.17 bits per heavy atom. The Labute approximate surface area is 177 Å². The van der Waals surface area contributed by atoms with Crippen LogP contribution in [-0.2, 0) is 4.79 Å². The van der Waals surface area contributed by atoms with E-state index in [4.69, 9.17) is 9.47 Å². The molecule has 0 aliphatic carbocycles. The van der Waals surface area contributed by atoms with Crippen molar-refractivity contribution in [2.75, 3.05) is 45.8 Å². The van der Waals surface area contributed by atoms with E-state index in [9.17, 15) is 9.59 Å². The van der Waals surface area contributed by atoms with Gasteiger partial charge in [0.1, 0.15) is 30.0 Å². The van der Waals surface area contributed by atoms with Gasteiger partial charge in [-0.05, 0) is 24.5 Å². The van der Waals surface area contributed by atoms with Crippen molar-refractivity contribution in [3.8, 4) is 11.5 Å². The molecular formula is C21H31N5O4. The molecule has 3 heterocycles. The van der Waals surface area contributed by atoms with Crippen molar-refractivity contribution in [2.45, 2.75) is 38.8 Å². The van der Waals surface area contributed by atoms with E-state index < -0.39 is 6.04 Å². The zero-order chi connectivity index (χ0) is 21.6. The number of methoxy groups -OCH3 is 2. The molecule has 4 unspecified atom stereocenters. The fourth-order valence-corrected chi connectivity index (χ4v) is 4.85. The van der Waals surface area contributed by atoms with E-state index in [1.165, 1.54) is 4.90 Å². The van der Waals surface area contributed by atoms with Crippen molar-refractivity contribution in [1.82, 2.24) is 20.0 Å². The van der Waals surface area contributed by atoms with Gasteiger partial charge in [-0.25, -0.2) is 4.79 Å². The van der Waals surface area contributed by atoms with Gasteiger partial charge in [-0.2, -0.15) is 0 Å². The second-order valence-electron chi connectivity index (χ2n) is 8.31. The summed E-state index contributed by atoms with van der Waals surface area (Å²) in [4.78, 5) is 33.6. The van der Waals surface area contributed by atoms with Crippen LogP contribution in [0.1, 0.15) is 20.3 Å². The van der Waals surface area contributed by atoms with Gasteiger partial charge in [0.2, 0.25) is 0 Å². The second kappa shape index (κ2) is 7.96. The van der Waals surface area contributed by atoms with Crippen LogP contribution < -0.4 is 19.7 Å². The Morgan fingerprint density at radius 3 is 2.60 bits per heavy atom. The molecule has 0 saturated carbocycles. The highest BCUT2D eigenvalue weighted by molar-refractivity contribution is 6.00. The number of hydrogen-bond donors (Lipinski definition) is 1. The van der Waals surface area contributed by atoms with E-state index in [0.29, 0.717) is 18.2 Å². The average molecular weight is 418 g/mol. The minimum Gasteiger partial charge on any atom is -0.497 e. The van der Waals surface area contributed by atoms with Gasteiger partial charge < -0.3 is 19.3 Å². The monoisotopic (exact) mass is 417 g/mol. The van der Waals surface area contributed by atoms with Crippen LogP contribution in [0.5, 0.6) is 11.5 Å². The summed E-state index contributed by atoms with van der Waals surface area (Å²) in [5.41, 5.74) is 0.929. The molecule has 0 spiro atoms. The number of carbonyl (C=O) groups is 2. The summed E-state index contributed by atoms with van der Waals surface area (Å²) in [5, 5.41) is 3.54. The SMILES string of the molecule is CCCN1C(=O)C2C(NC3N(c4ccc(OC)cc4OC)CC(C)CN23)N(C)C1=O. The van der Waals surface area contributed by atoms with Crippen LogP contribution in [0.15, 0.2) is 18.2 Å². The Bertz CT molecular complexity index is 834. The maximum atomic E-state index is 13.3. The number of imide groups is 1. The number of anilines is 1.